The molecule has 0 unspecified atom stereocenters. The van der Waals surface area contributed by atoms with Crippen molar-refractivity contribution in [2.24, 2.45) is 5.92 Å². The van der Waals surface area contributed by atoms with E-state index >= 15 is 0 Å². The molecule has 1 aliphatic rings. The number of halogens is 1. The highest BCUT2D eigenvalue weighted by atomic mass is 79.9. The quantitative estimate of drug-likeness (QED) is 0.869. The van der Waals surface area contributed by atoms with Crippen molar-refractivity contribution in [3.05, 3.63) is 28.2 Å². The molecular formula is C17H27BrN2O. The lowest BCUT2D eigenvalue weighted by atomic mass is 10.1. The van der Waals surface area contributed by atoms with Gasteiger partial charge < -0.3 is 15.0 Å². The largest absolute Gasteiger partial charge is 0.372 e. The van der Waals surface area contributed by atoms with Crippen molar-refractivity contribution in [3.63, 3.8) is 0 Å². The van der Waals surface area contributed by atoms with Crippen molar-refractivity contribution in [1.29, 1.82) is 0 Å². The number of rotatable bonds is 5. The summed E-state index contributed by atoms with van der Waals surface area (Å²) in [6, 6.07) is 6.67. The average Bonchev–Trinajstić information content (AvgIpc) is 2.37. The summed E-state index contributed by atoms with van der Waals surface area (Å²) in [5.74, 6) is 0.684. The molecule has 1 heterocycles. The van der Waals surface area contributed by atoms with E-state index in [4.69, 9.17) is 4.74 Å². The molecule has 0 saturated carbocycles. The zero-order valence-electron chi connectivity index (χ0n) is 13.6. The molecule has 21 heavy (non-hydrogen) atoms. The number of hydrogen-bond acceptors (Lipinski definition) is 3. The molecule has 0 spiro atoms. The molecule has 1 aromatic carbocycles. The molecule has 4 heteroatoms. The van der Waals surface area contributed by atoms with E-state index in [2.05, 4.69) is 72.0 Å². The number of ether oxygens (including phenoxy) is 1. The molecule has 0 radical (unpaired) electrons. The Morgan fingerprint density at radius 3 is 2.76 bits per heavy atom. The Kier molecular flexibility index (Phi) is 5.69. The number of benzene rings is 1. The maximum atomic E-state index is 5.79. The first-order chi connectivity index (χ1) is 9.87. The Morgan fingerprint density at radius 1 is 1.38 bits per heavy atom. The van der Waals surface area contributed by atoms with E-state index in [1.54, 1.807) is 0 Å². The van der Waals surface area contributed by atoms with E-state index < -0.39 is 0 Å². The zero-order valence-corrected chi connectivity index (χ0v) is 15.2. The molecule has 0 bridgehead atoms. The fourth-order valence-electron chi connectivity index (χ4n) is 2.64. The van der Waals surface area contributed by atoms with Crippen LogP contribution in [0.1, 0.15) is 33.3 Å². The molecule has 0 aliphatic carbocycles. The highest BCUT2D eigenvalue weighted by Crippen LogP contribution is 2.30. The minimum atomic E-state index is -0.0742. The summed E-state index contributed by atoms with van der Waals surface area (Å²) < 4.78 is 6.96. The van der Waals surface area contributed by atoms with Crippen LogP contribution in [-0.4, -0.2) is 31.8 Å². The van der Waals surface area contributed by atoms with Crippen LogP contribution in [0.15, 0.2) is 22.7 Å². The predicted molar refractivity (Wildman–Crippen MR) is 92.9 cm³/mol. The van der Waals surface area contributed by atoms with Gasteiger partial charge in [0.1, 0.15) is 0 Å². The Hall–Kier alpha value is -0.580. The smallest absolute Gasteiger partial charge is 0.0801 e. The lowest BCUT2D eigenvalue weighted by Gasteiger charge is -2.39. The lowest BCUT2D eigenvalue weighted by Crippen LogP contribution is -2.48. The van der Waals surface area contributed by atoms with Gasteiger partial charge in [0, 0.05) is 24.1 Å². The monoisotopic (exact) mass is 354 g/mol. The molecule has 3 nitrogen and oxygen atoms in total. The summed E-state index contributed by atoms with van der Waals surface area (Å²) in [5.41, 5.74) is 2.51. The number of morpholine rings is 1. The van der Waals surface area contributed by atoms with Gasteiger partial charge in [0.15, 0.2) is 0 Å². The van der Waals surface area contributed by atoms with E-state index in [-0.39, 0.29) is 5.60 Å². The van der Waals surface area contributed by atoms with Crippen molar-refractivity contribution >= 4 is 21.6 Å². The van der Waals surface area contributed by atoms with Crippen LogP contribution in [0.25, 0.3) is 0 Å². The predicted octanol–water partition coefficient (Wildman–Crippen LogP) is 3.81. The van der Waals surface area contributed by atoms with Gasteiger partial charge in [0.05, 0.1) is 17.9 Å². The van der Waals surface area contributed by atoms with Crippen LogP contribution in [-0.2, 0) is 11.3 Å². The summed E-state index contributed by atoms with van der Waals surface area (Å²) in [6.45, 7) is 13.4. The Labute approximate surface area is 137 Å². The van der Waals surface area contributed by atoms with Crippen LogP contribution in [0.4, 0.5) is 5.69 Å². The van der Waals surface area contributed by atoms with E-state index in [0.717, 1.165) is 32.8 Å². The Morgan fingerprint density at radius 2 is 2.14 bits per heavy atom. The van der Waals surface area contributed by atoms with Crippen LogP contribution < -0.4 is 10.2 Å². The fourth-order valence-corrected chi connectivity index (χ4v) is 3.32. The molecule has 1 aliphatic heterocycles. The molecule has 1 fully saturated rings. The van der Waals surface area contributed by atoms with Crippen molar-refractivity contribution in [2.45, 2.75) is 39.8 Å². The summed E-state index contributed by atoms with van der Waals surface area (Å²) >= 11 is 3.73. The highest BCUT2D eigenvalue weighted by molar-refractivity contribution is 9.10. The Balaban J connectivity index is 2.02. The first kappa shape index (κ1) is 16.8. The van der Waals surface area contributed by atoms with Gasteiger partial charge in [-0.2, -0.15) is 0 Å². The van der Waals surface area contributed by atoms with E-state index in [1.807, 2.05) is 0 Å². The second kappa shape index (κ2) is 7.12. The van der Waals surface area contributed by atoms with Crippen LogP contribution in [0.5, 0.6) is 0 Å². The number of nitrogens with one attached hydrogen (secondary N) is 1. The Bertz CT molecular complexity index is 474. The summed E-state index contributed by atoms with van der Waals surface area (Å²) in [5, 5.41) is 3.49. The van der Waals surface area contributed by atoms with Gasteiger partial charge in [-0.3, -0.25) is 0 Å². The maximum absolute atomic E-state index is 5.79. The fraction of sp³-hybridized carbons (Fsp3) is 0.647. The van der Waals surface area contributed by atoms with Crippen molar-refractivity contribution in [3.8, 4) is 0 Å². The van der Waals surface area contributed by atoms with E-state index in [0.29, 0.717) is 5.92 Å². The zero-order chi connectivity index (χ0) is 15.5. The van der Waals surface area contributed by atoms with Gasteiger partial charge in [0.2, 0.25) is 0 Å². The first-order valence-electron chi connectivity index (χ1n) is 7.75. The molecule has 1 aromatic rings. The normalized spacial score (nSPS) is 18.3. The van der Waals surface area contributed by atoms with Crippen molar-refractivity contribution in [1.82, 2.24) is 5.32 Å². The highest BCUT2D eigenvalue weighted by Gasteiger charge is 2.28. The second-order valence-corrected chi connectivity index (χ2v) is 7.69. The van der Waals surface area contributed by atoms with Gasteiger partial charge in [0.25, 0.3) is 0 Å². The molecule has 1 saturated heterocycles. The van der Waals surface area contributed by atoms with Gasteiger partial charge in [-0.05, 0) is 59.9 Å². The SMILES string of the molecule is CC(C)CNCc1ccc(N2CCOC(C)(C)C2)c(Br)c1. The molecule has 0 aromatic heterocycles. The van der Waals surface area contributed by atoms with Crippen LogP contribution in [0, 0.1) is 5.92 Å². The number of anilines is 1. The third kappa shape index (κ3) is 4.97. The van der Waals surface area contributed by atoms with Gasteiger partial charge in [-0.15, -0.1) is 0 Å². The topological polar surface area (TPSA) is 24.5 Å². The van der Waals surface area contributed by atoms with Crippen LogP contribution >= 0.6 is 15.9 Å². The number of hydrogen-bond donors (Lipinski definition) is 1. The van der Waals surface area contributed by atoms with Crippen molar-refractivity contribution in [2.75, 3.05) is 31.1 Å². The number of nitrogens with zero attached hydrogens (tertiary/aromatic N) is 1. The second-order valence-electron chi connectivity index (χ2n) is 6.84. The van der Waals surface area contributed by atoms with Crippen LogP contribution in [0.2, 0.25) is 0 Å². The lowest BCUT2D eigenvalue weighted by molar-refractivity contribution is -0.0277. The van der Waals surface area contributed by atoms with Crippen LogP contribution in [0.3, 0.4) is 0 Å². The third-order valence-electron chi connectivity index (χ3n) is 3.66. The standard InChI is InChI=1S/C17H27BrN2O/c1-13(2)10-19-11-14-5-6-16(15(18)9-14)20-7-8-21-17(3,4)12-20/h5-6,9,13,19H,7-8,10-12H2,1-4H3. The molecule has 2 rings (SSSR count). The maximum Gasteiger partial charge on any atom is 0.0801 e. The molecular weight excluding hydrogens is 328 g/mol. The molecule has 1 N–H and O–H groups in total. The van der Waals surface area contributed by atoms with Crippen molar-refractivity contribution < 1.29 is 4.74 Å². The van der Waals surface area contributed by atoms with Gasteiger partial charge in [-0.25, -0.2) is 0 Å². The van der Waals surface area contributed by atoms with E-state index in [1.165, 1.54) is 15.7 Å². The van der Waals surface area contributed by atoms with Gasteiger partial charge >= 0.3 is 0 Å². The first-order valence-corrected chi connectivity index (χ1v) is 8.55. The molecule has 0 atom stereocenters. The minimum absolute atomic E-state index is 0.0742. The molecule has 118 valence electrons. The summed E-state index contributed by atoms with van der Waals surface area (Å²) in [7, 11) is 0. The van der Waals surface area contributed by atoms with Gasteiger partial charge in [-0.1, -0.05) is 19.9 Å². The van der Waals surface area contributed by atoms with E-state index in [9.17, 15) is 0 Å². The average molecular weight is 355 g/mol. The molecule has 0 amide bonds. The summed E-state index contributed by atoms with van der Waals surface area (Å²) in [6.07, 6.45) is 0. The minimum Gasteiger partial charge on any atom is -0.372 e. The summed E-state index contributed by atoms with van der Waals surface area (Å²) in [4.78, 5) is 2.40. The third-order valence-corrected chi connectivity index (χ3v) is 4.30.